The van der Waals surface area contributed by atoms with Crippen molar-refractivity contribution in [2.24, 2.45) is 17.1 Å². The molecule has 2 amide bonds. The monoisotopic (exact) mass is 350 g/mol. The number of nitrogens with two attached hydrogens (primary N) is 1. The number of nitrogens with zero attached hydrogens (tertiary/aromatic N) is 1. The molecule has 0 saturated heterocycles. The summed E-state index contributed by atoms with van der Waals surface area (Å²) in [7, 11) is -4.21. The van der Waals surface area contributed by atoms with Crippen LogP contribution in [-0.4, -0.2) is 30.1 Å². The van der Waals surface area contributed by atoms with Crippen LogP contribution in [0.15, 0.2) is 29.2 Å². The fraction of sp³-hybridized carbons (Fsp3) is 0.529. The maximum absolute atomic E-state index is 13.2. The van der Waals surface area contributed by atoms with Gasteiger partial charge in [-0.25, -0.2) is 17.5 Å². The van der Waals surface area contributed by atoms with Crippen LogP contribution in [0.25, 0.3) is 0 Å². The number of ketones is 1. The first-order chi connectivity index (χ1) is 11.0. The molecule has 0 radical (unpaired) electrons. The van der Waals surface area contributed by atoms with Gasteiger partial charge in [-0.1, -0.05) is 31.5 Å². The van der Waals surface area contributed by atoms with Gasteiger partial charge in [-0.05, 0) is 43.2 Å². The van der Waals surface area contributed by atoms with Crippen molar-refractivity contribution in [1.29, 1.82) is 0 Å². The van der Waals surface area contributed by atoms with E-state index in [4.69, 9.17) is 5.73 Å². The highest BCUT2D eigenvalue weighted by molar-refractivity contribution is 7.89. The number of rotatable bonds is 3. The quantitative estimate of drug-likeness (QED) is 0.903. The molecular weight excluding hydrogens is 328 g/mol. The van der Waals surface area contributed by atoms with Crippen molar-refractivity contribution in [3.63, 3.8) is 0 Å². The van der Waals surface area contributed by atoms with Crippen molar-refractivity contribution in [1.82, 2.24) is 4.31 Å². The van der Waals surface area contributed by atoms with Crippen molar-refractivity contribution in [3.05, 3.63) is 29.8 Å². The predicted octanol–water partition coefficient (Wildman–Crippen LogP) is 2.21. The van der Waals surface area contributed by atoms with Crippen molar-refractivity contribution in [2.75, 3.05) is 0 Å². The van der Waals surface area contributed by atoms with Gasteiger partial charge in [0.2, 0.25) is 0 Å². The van der Waals surface area contributed by atoms with Crippen molar-refractivity contribution < 1.29 is 18.0 Å². The minimum Gasteiger partial charge on any atom is -0.351 e. The Bertz CT molecular complexity index is 813. The summed E-state index contributed by atoms with van der Waals surface area (Å²) >= 11 is 0. The third-order valence-corrected chi connectivity index (χ3v) is 7.78. The van der Waals surface area contributed by atoms with Crippen molar-refractivity contribution in [3.8, 4) is 0 Å². The first-order valence-corrected chi connectivity index (χ1v) is 9.44. The van der Waals surface area contributed by atoms with Gasteiger partial charge in [0.05, 0.1) is 4.90 Å². The summed E-state index contributed by atoms with van der Waals surface area (Å²) in [6.07, 6.45) is 1.34. The van der Waals surface area contributed by atoms with Crippen LogP contribution in [0.3, 0.4) is 0 Å². The lowest BCUT2D eigenvalue weighted by Crippen LogP contribution is -2.63. The number of fused-ring (bicyclic) bond motifs is 2. The van der Waals surface area contributed by atoms with E-state index in [1.54, 1.807) is 12.1 Å². The van der Waals surface area contributed by atoms with Gasteiger partial charge in [-0.2, -0.15) is 0 Å². The van der Waals surface area contributed by atoms with Crippen LogP contribution >= 0.6 is 0 Å². The van der Waals surface area contributed by atoms with E-state index >= 15 is 0 Å². The molecule has 2 fully saturated rings. The molecule has 1 aromatic carbocycles. The number of sulfonamides is 1. The maximum atomic E-state index is 13.2. The van der Waals surface area contributed by atoms with Gasteiger partial charge in [0.15, 0.2) is 5.78 Å². The topological polar surface area (TPSA) is 97.5 Å². The first kappa shape index (κ1) is 17.0. The molecule has 24 heavy (non-hydrogen) atoms. The van der Waals surface area contributed by atoms with Crippen molar-refractivity contribution in [2.45, 2.75) is 50.5 Å². The van der Waals surface area contributed by atoms with Crippen LogP contribution in [0.2, 0.25) is 0 Å². The lowest BCUT2D eigenvalue weighted by atomic mass is 9.76. The molecule has 0 heterocycles. The summed E-state index contributed by atoms with van der Waals surface area (Å²) in [6, 6.07) is 5.09. The molecule has 2 N–H and O–H groups in total. The molecule has 1 aromatic rings. The average Bonchev–Trinajstić information content (AvgIpc) is 2.82. The van der Waals surface area contributed by atoms with Gasteiger partial charge in [0, 0.05) is 6.42 Å². The Morgan fingerprint density at radius 1 is 1.25 bits per heavy atom. The molecule has 2 aliphatic rings. The average molecular weight is 350 g/mol. The third kappa shape index (κ3) is 1.97. The summed E-state index contributed by atoms with van der Waals surface area (Å²) in [5.41, 5.74) is 4.38. The van der Waals surface area contributed by atoms with E-state index in [1.807, 2.05) is 20.8 Å². The molecule has 0 aromatic heterocycles. The SMILES string of the molecule is Cc1ccc(S(=O)(=O)N(C(N)=O)C23CCC(CC2=O)C3(C)C)cc1. The highest BCUT2D eigenvalue weighted by atomic mass is 32.2. The molecule has 2 saturated carbocycles. The van der Waals surface area contributed by atoms with Crippen molar-refractivity contribution >= 4 is 21.8 Å². The van der Waals surface area contributed by atoms with Gasteiger partial charge in [-0.3, -0.25) is 4.79 Å². The molecule has 2 atom stereocenters. The molecule has 3 rings (SSSR count). The van der Waals surface area contributed by atoms with E-state index in [0.29, 0.717) is 23.6 Å². The fourth-order valence-electron chi connectivity index (χ4n) is 4.46. The number of hydrogen-bond acceptors (Lipinski definition) is 4. The van der Waals surface area contributed by atoms with E-state index in [1.165, 1.54) is 12.1 Å². The largest absolute Gasteiger partial charge is 0.351 e. The van der Waals surface area contributed by atoms with E-state index in [-0.39, 0.29) is 16.6 Å². The zero-order chi connectivity index (χ0) is 17.9. The maximum Gasteiger partial charge on any atom is 0.329 e. The van der Waals surface area contributed by atoms with E-state index < -0.39 is 27.0 Å². The standard InChI is InChI=1S/C17H22N2O4S/c1-11-4-6-13(7-5-11)24(22,23)19(15(18)21)17-9-8-12(10-14(17)20)16(17,2)3/h4-7,12H,8-10H2,1-3H3,(H2,18,21). The van der Waals surface area contributed by atoms with Crippen LogP contribution in [0.1, 0.15) is 38.7 Å². The van der Waals surface area contributed by atoms with Gasteiger partial charge in [-0.15, -0.1) is 0 Å². The Hall–Kier alpha value is -1.89. The summed E-state index contributed by atoms with van der Waals surface area (Å²) in [4.78, 5) is 24.9. The van der Waals surface area contributed by atoms with E-state index in [0.717, 1.165) is 5.56 Å². The zero-order valence-corrected chi connectivity index (χ0v) is 14.9. The lowest BCUT2D eigenvalue weighted by Gasteiger charge is -2.43. The molecular formula is C17H22N2O4S. The Morgan fingerprint density at radius 2 is 1.83 bits per heavy atom. The summed E-state index contributed by atoms with van der Waals surface area (Å²) < 4.78 is 27.0. The third-order valence-electron chi connectivity index (χ3n) is 5.94. The summed E-state index contributed by atoms with van der Waals surface area (Å²) in [6.45, 7) is 5.55. The Morgan fingerprint density at radius 3 is 2.25 bits per heavy atom. The zero-order valence-electron chi connectivity index (χ0n) is 14.1. The number of urea groups is 1. The fourth-order valence-corrected chi connectivity index (χ4v) is 6.22. The molecule has 0 spiro atoms. The number of benzene rings is 1. The minimum atomic E-state index is -4.21. The molecule has 0 aliphatic heterocycles. The number of hydrogen-bond donors (Lipinski definition) is 1. The van der Waals surface area contributed by atoms with Crippen LogP contribution in [0.5, 0.6) is 0 Å². The number of carbonyl (C=O) groups is 2. The number of Topliss-reactive ketones (excluding diaryl/α,β-unsaturated/α-hetero) is 1. The molecule has 7 heteroatoms. The lowest BCUT2D eigenvalue weighted by molar-refractivity contribution is -0.127. The predicted molar refractivity (Wildman–Crippen MR) is 88.6 cm³/mol. The summed E-state index contributed by atoms with van der Waals surface area (Å²) in [5.74, 6) is -0.140. The van der Waals surface area contributed by atoms with Crippen LogP contribution in [0.4, 0.5) is 4.79 Å². The van der Waals surface area contributed by atoms with E-state index in [2.05, 4.69) is 0 Å². The van der Waals surface area contributed by atoms with Crippen LogP contribution in [-0.2, 0) is 14.8 Å². The number of aryl methyl sites for hydroxylation is 1. The first-order valence-electron chi connectivity index (χ1n) is 8.00. The van der Waals surface area contributed by atoms with Gasteiger partial charge in [0.1, 0.15) is 5.54 Å². The second-order valence-electron chi connectivity index (χ2n) is 7.37. The highest BCUT2D eigenvalue weighted by Crippen LogP contribution is 2.61. The molecule has 2 bridgehead atoms. The minimum absolute atomic E-state index is 0.0276. The smallest absolute Gasteiger partial charge is 0.329 e. The van der Waals surface area contributed by atoms with Crippen LogP contribution in [0, 0.1) is 18.3 Å². The van der Waals surface area contributed by atoms with Crippen LogP contribution < -0.4 is 5.73 Å². The number of carbonyl (C=O) groups excluding carboxylic acids is 2. The van der Waals surface area contributed by atoms with Gasteiger partial charge >= 0.3 is 6.03 Å². The summed E-state index contributed by atoms with van der Waals surface area (Å²) in [5, 5.41) is 0. The Balaban J connectivity index is 2.20. The Labute approximate surface area is 142 Å². The van der Waals surface area contributed by atoms with Gasteiger partial charge in [0.25, 0.3) is 10.0 Å². The molecule has 2 aliphatic carbocycles. The Kier molecular flexibility index (Phi) is 3.57. The second kappa shape index (κ2) is 5.05. The number of primary amides is 1. The molecule has 130 valence electrons. The molecule has 2 unspecified atom stereocenters. The number of amides is 2. The highest BCUT2D eigenvalue weighted by Gasteiger charge is 2.70. The second-order valence-corrected chi connectivity index (χ2v) is 9.15. The van der Waals surface area contributed by atoms with Gasteiger partial charge < -0.3 is 5.73 Å². The van der Waals surface area contributed by atoms with E-state index in [9.17, 15) is 18.0 Å². The normalized spacial score (nSPS) is 28.1. The molecule has 6 nitrogen and oxygen atoms in total.